The molecule has 1 atom stereocenters. The first-order valence-electron chi connectivity index (χ1n) is 5.76. The molecule has 1 aromatic heterocycles. The van der Waals surface area contributed by atoms with Crippen LogP contribution in [-0.2, 0) is 0 Å². The molecule has 0 saturated heterocycles. The molecule has 0 bridgehead atoms. The smallest absolute Gasteiger partial charge is 0.271 e. The Morgan fingerprint density at radius 2 is 2.26 bits per heavy atom. The zero-order valence-electron chi connectivity index (χ0n) is 11.2. The fourth-order valence-corrected chi connectivity index (χ4v) is 1.67. The highest BCUT2D eigenvalue weighted by Gasteiger charge is 2.19. The van der Waals surface area contributed by atoms with Crippen LogP contribution in [0.3, 0.4) is 0 Å². The van der Waals surface area contributed by atoms with Gasteiger partial charge in [0.05, 0.1) is 13.2 Å². The minimum absolute atomic E-state index is 0.00624. The van der Waals surface area contributed by atoms with Gasteiger partial charge in [-0.2, -0.15) is 0 Å². The van der Waals surface area contributed by atoms with Crippen molar-refractivity contribution in [3.63, 3.8) is 0 Å². The average Bonchev–Trinajstić information content (AvgIpc) is 2.35. The van der Waals surface area contributed by atoms with Crippen LogP contribution < -0.4 is 15.5 Å². The number of aliphatic hydroxyl groups is 1. The summed E-state index contributed by atoms with van der Waals surface area (Å²) in [4.78, 5) is 26.3. The minimum Gasteiger partial charge on any atom is -0.491 e. The lowest BCUT2D eigenvalue weighted by molar-refractivity contribution is 0.0953. The van der Waals surface area contributed by atoms with E-state index in [0.29, 0.717) is 6.42 Å². The second-order valence-electron chi connectivity index (χ2n) is 4.25. The van der Waals surface area contributed by atoms with Gasteiger partial charge in [-0.15, -0.1) is 6.58 Å². The van der Waals surface area contributed by atoms with Gasteiger partial charge in [-0.25, -0.2) is 0 Å². The highest BCUT2D eigenvalue weighted by Crippen LogP contribution is 2.20. The molecule has 1 unspecified atom stereocenters. The van der Waals surface area contributed by atoms with Gasteiger partial charge in [-0.05, 0) is 13.3 Å². The summed E-state index contributed by atoms with van der Waals surface area (Å²) in [7, 11) is 2.75. The number of ether oxygens (including phenoxy) is 1. The number of methoxy groups -OCH3 is 1. The number of carbonyl (C=O) groups excluding carboxylic acids is 1. The molecule has 0 aliphatic heterocycles. The molecular formula is C13H18N2O4. The predicted molar refractivity (Wildman–Crippen MR) is 71.4 cm³/mol. The Kier molecular flexibility index (Phi) is 4.88. The van der Waals surface area contributed by atoms with Gasteiger partial charge in [0.2, 0.25) is 5.43 Å². The summed E-state index contributed by atoms with van der Waals surface area (Å²) >= 11 is 0. The van der Waals surface area contributed by atoms with Crippen LogP contribution in [0.15, 0.2) is 23.0 Å². The Hall–Kier alpha value is -2.08. The Bertz CT molecular complexity index is 548. The van der Waals surface area contributed by atoms with E-state index >= 15 is 0 Å². The molecule has 0 radical (unpaired) electrons. The molecule has 1 amide bonds. The number of hydrogen-bond donors (Lipinski definition) is 3. The van der Waals surface area contributed by atoms with E-state index in [1.54, 1.807) is 6.92 Å². The maximum Gasteiger partial charge on any atom is 0.271 e. The summed E-state index contributed by atoms with van der Waals surface area (Å²) in [6.07, 6.45) is -0.616. The van der Waals surface area contributed by atoms with Crippen molar-refractivity contribution in [1.29, 1.82) is 0 Å². The minimum atomic E-state index is -0.917. The normalized spacial score (nSPS) is 11.8. The van der Waals surface area contributed by atoms with Gasteiger partial charge in [-0.3, -0.25) is 9.59 Å². The molecule has 3 N–H and O–H groups in total. The van der Waals surface area contributed by atoms with Crippen LogP contribution >= 0.6 is 0 Å². The number of carbonyl (C=O) groups is 1. The number of H-pyrrole nitrogens is 1. The van der Waals surface area contributed by atoms with Crippen LogP contribution in [0.1, 0.15) is 35.6 Å². The number of amides is 1. The van der Waals surface area contributed by atoms with Gasteiger partial charge >= 0.3 is 0 Å². The number of aromatic nitrogens is 1. The maximum atomic E-state index is 11.8. The van der Waals surface area contributed by atoms with Gasteiger partial charge in [0.1, 0.15) is 0 Å². The Morgan fingerprint density at radius 1 is 1.63 bits per heavy atom. The van der Waals surface area contributed by atoms with Crippen molar-refractivity contribution in [3.8, 4) is 5.75 Å². The summed E-state index contributed by atoms with van der Waals surface area (Å²) in [6, 6.07) is 1.22. The first-order valence-corrected chi connectivity index (χ1v) is 5.76. The molecule has 19 heavy (non-hydrogen) atoms. The molecule has 0 spiro atoms. The van der Waals surface area contributed by atoms with Gasteiger partial charge in [0.25, 0.3) is 5.91 Å². The number of rotatable bonds is 5. The van der Waals surface area contributed by atoms with Crippen molar-refractivity contribution in [2.45, 2.75) is 19.4 Å². The predicted octanol–water partition coefficient (Wildman–Crippen LogP) is 0.743. The quantitative estimate of drug-likeness (QED) is 0.686. The fourth-order valence-electron chi connectivity index (χ4n) is 1.67. The topological polar surface area (TPSA) is 91.4 Å². The summed E-state index contributed by atoms with van der Waals surface area (Å²) in [6.45, 7) is 5.46. The SMILES string of the molecule is C=C(C)CC(O)c1cc(=O)c(OC)c(C(=O)NC)[nH]1. The van der Waals surface area contributed by atoms with Crippen LogP contribution in [0.25, 0.3) is 0 Å². The Morgan fingerprint density at radius 3 is 2.74 bits per heavy atom. The lowest BCUT2D eigenvalue weighted by Crippen LogP contribution is -2.24. The molecule has 0 aliphatic carbocycles. The number of aliphatic hydroxyl groups excluding tert-OH is 1. The largest absolute Gasteiger partial charge is 0.491 e. The molecule has 1 rings (SSSR count). The van der Waals surface area contributed by atoms with Crippen molar-refractivity contribution >= 4 is 5.91 Å². The van der Waals surface area contributed by atoms with Gasteiger partial charge in [0, 0.05) is 18.8 Å². The van der Waals surface area contributed by atoms with E-state index in [-0.39, 0.29) is 17.1 Å². The molecule has 6 heteroatoms. The second-order valence-corrected chi connectivity index (χ2v) is 4.25. The van der Waals surface area contributed by atoms with E-state index in [4.69, 9.17) is 4.74 Å². The first-order chi connectivity index (χ1) is 8.90. The third-order valence-corrected chi connectivity index (χ3v) is 2.57. The molecule has 0 aliphatic rings. The summed E-state index contributed by atoms with van der Waals surface area (Å²) < 4.78 is 4.91. The lowest BCUT2D eigenvalue weighted by atomic mass is 10.1. The molecule has 104 valence electrons. The second kappa shape index (κ2) is 6.19. The number of nitrogens with one attached hydrogen (secondary N) is 2. The maximum absolute atomic E-state index is 11.8. The van der Waals surface area contributed by atoms with E-state index in [1.807, 2.05) is 0 Å². The standard InChI is InChI=1S/C13H18N2O4/c1-7(2)5-9(16)8-6-10(17)12(19-4)11(15-8)13(18)14-3/h6,9,16H,1,5H2,2-4H3,(H,14,18)(H,15,17). The molecule has 1 aromatic rings. The van der Waals surface area contributed by atoms with Gasteiger partial charge in [0.15, 0.2) is 11.4 Å². The molecule has 1 heterocycles. The van der Waals surface area contributed by atoms with Crippen molar-refractivity contribution in [2.75, 3.05) is 14.2 Å². The number of aromatic amines is 1. The third kappa shape index (κ3) is 3.45. The van der Waals surface area contributed by atoms with Gasteiger partial charge < -0.3 is 20.1 Å². The molecule has 0 saturated carbocycles. The Labute approximate surface area is 111 Å². The van der Waals surface area contributed by atoms with Crippen LogP contribution in [0, 0.1) is 0 Å². The molecule has 6 nitrogen and oxygen atoms in total. The summed E-state index contributed by atoms with van der Waals surface area (Å²) in [5.41, 5.74) is 0.557. The van der Waals surface area contributed by atoms with Crippen LogP contribution in [0.2, 0.25) is 0 Å². The van der Waals surface area contributed by atoms with Crippen molar-refractivity contribution in [2.24, 2.45) is 0 Å². The fraction of sp³-hybridized carbons (Fsp3) is 0.385. The van der Waals surface area contributed by atoms with Crippen LogP contribution in [0.5, 0.6) is 5.75 Å². The zero-order valence-corrected chi connectivity index (χ0v) is 11.2. The van der Waals surface area contributed by atoms with E-state index in [1.165, 1.54) is 20.2 Å². The average molecular weight is 266 g/mol. The van der Waals surface area contributed by atoms with Gasteiger partial charge in [-0.1, -0.05) is 5.57 Å². The lowest BCUT2D eigenvalue weighted by Gasteiger charge is -2.14. The zero-order chi connectivity index (χ0) is 14.6. The van der Waals surface area contributed by atoms with E-state index in [0.717, 1.165) is 5.57 Å². The first kappa shape index (κ1) is 15.0. The highest BCUT2D eigenvalue weighted by molar-refractivity contribution is 5.94. The highest BCUT2D eigenvalue weighted by atomic mass is 16.5. The van der Waals surface area contributed by atoms with E-state index < -0.39 is 17.4 Å². The van der Waals surface area contributed by atoms with Crippen molar-refractivity contribution in [1.82, 2.24) is 10.3 Å². The molecule has 0 aromatic carbocycles. The monoisotopic (exact) mass is 266 g/mol. The molecular weight excluding hydrogens is 248 g/mol. The number of pyridine rings is 1. The number of hydrogen-bond acceptors (Lipinski definition) is 4. The van der Waals surface area contributed by atoms with E-state index in [9.17, 15) is 14.7 Å². The molecule has 0 fully saturated rings. The Balaban J connectivity index is 3.30. The van der Waals surface area contributed by atoms with E-state index in [2.05, 4.69) is 16.9 Å². The van der Waals surface area contributed by atoms with Crippen molar-refractivity contribution in [3.05, 3.63) is 39.8 Å². The third-order valence-electron chi connectivity index (χ3n) is 2.57. The summed E-state index contributed by atoms with van der Waals surface area (Å²) in [5, 5.41) is 12.4. The van der Waals surface area contributed by atoms with Crippen molar-refractivity contribution < 1.29 is 14.6 Å². The van der Waals surface area contributed by atoms with Crippen LogP contribution in [0.4, 0.5) is 0 Å². The summed E-state index contributed by atoms with van der Waals surface area (Å²) in [5.74, 6) is -0.566. The van der Waals surface area contributed by atoms with Crippen LogP contribution in [-0.4, -0.2) is 30.2 Å².